The molecular weight excluding hydrogens is 540 g/mol. The lowest BCUT2D eigenvalue weighted by atomic mass is 9.96. The fraction of sp³-hybridized carbons (Fsp3) is 0.355. The molecule has 0 spiro atoms. The molecule has 4 aromatic rings. The molecule has 1 saturated carbocycles. The van der Waals surface area contributed by atoms with Gasteiger partial charge in [-0.1, -0.05) is 0 Å². The first-order chi connectivity index (χ1) is 20.4. The van der Waals surface area contributed by atoms with Gasteiger partial charge in [0.15, 0.2) is 23.0 Å². The minimum absolute atomic E-state index is 0.0113. The first kappa shape index (κ1) is 27.6. The van der Waals surface area contributed by atoms with E-state index in [1.54, 1.807) is 22.9 Å². The van der Waals surface area contributed by atoms with Gasteiger partial charge in [-0.2, -0.15) is 9.65 Å². The second-order valence-electron chi connectivity index (χ2n) is 11.0. The van der Waals surface area contributed by atoms with Crippen molar-refractivity contribution >= 4 is 23.1 Å². The number of hydrogen-bond acceptors (Lipinski definition) is 7. The Bertz CT molecular complexity index is 1690. The average molecular weight is 572 g/mol. The lowest BCUT2D eigenvalue weighted by molar-refractivity contribution is 0.0692. The number of nitrogens with one attached hydrogen (secondary N) is 1. The standard InChI is InChI=1S/C31H31F2N7O2/c1-18-12-22(2-3-23(18)31(41)39-9-6-19(14-34)7-10-39)38-29-30-37-16-25(40(30)11-8-36-29)24-4-5-26(28(33)27(24)32)42-17-21-13-20(21)15-35/h2-5,8,11-12,16,19-21H,6-7,9-10,13-14,17,34H2,1H3,(H,36,38). The van der Waals surface area contributed by atoms with Crippen molar-refractivity contribution in [2.45, 2.75) is 26.2 Å². The maximum absolute atomic E-state index is 15.2. The Hall–Kier alpha value is -4.56. The zero-order valence-corrected chi connectivity index (χ0v) is 23.2. The van der Waals surface area contributed by atoms with Gasteiger partial charge in [-0.05, 0) is 74.5 Å². The predicted octanol–water partition coefficient (Wildman–Crippen LogP) is 5.08. The smallest absolute Gasteiger partial charge is 0.254 e. The third-order valence-corrected chi connectivity index (χ3v) is 8.25. The number of nitrogens with two attached hydrogens (primary N) is 1. The van der Waals surface area contributed by atoms with E-state index in [4.69, 9.17) is 15.7 Å². The fourth-order valence-electron chi connectivity index (χ4n) is 5.49. The number of halogens is 2. The minimum Gasteiger partial charge on any atom is -0.490 e. The summed E-state index contributed by atoms with van der Waals surface area (Å²) in [6.07, 6.45) is 7.18. The number of aromatic nitrogens is 3. The predicted molar refractivity (Wildman–Crippen MR) is 153 cm³/mol. The first-order valence-electron chi connectivity index (χ1n) is 14.1. The molecule has 0 radical (unpaired) electrons. The SMILES string of the molecule is Cc1cc(Nc2nccn3c(-c4ccc(OCC5CC5C#N)c(F)c4F)cnc23)ccc1C(=O)N1CCC(CN)CC1. The maximum Gasteiger partial charge on any atom is 0.254 e. The summed E-state index contributed by atoms with van der Waals surface area (Å²) in [4.78, 5) is 23.9. The van der Waals surface area contributed by atoms with Crippen LogP contribution in [-0.2, 0) is 0 Å². The molecule has 2 unspecified atom stereocenters. The summed E-state index contributed by atoms with van der Waals surface area (Å²) in [6.45, 7) is 4.13. The third kappa shape index (κ3) is 5.25. The Balaban J connectivity index is 1.20. The van der Waals surface area contributed by atoms with E-state index in [9.17, 15) is 9.18 Å². The van der Waals surface area contributed by atoms with Crippen molar-refractivity contribution in [3.8, 4) is 23.1 Å². The van der Waals surface area contributed by atoms with Crippen molar-refractivity contribution in [3.05, 3.63) is 71.7 Å². The Morgan fingerprint density at radius 3 is 2.71 bits per heavy atom. The minimum atomic E-state index is -1.09. The van der Waals surface area contributed by atoms with Gasteiger partial charge < -0.3 is 20.7 Å². The van der Waals surface area contributed by atoms with Crippen LogP contribution >= 0.6 is 0 Å². The number of nitrogens with zero attached hydrogens (tertiary/aromatic N) is 5. The summed E-state index contributed by atoms with van der Waals surface area (Å²) >= 11 is 0. The number of fused-ring (bicyclic) bond motifs is 1. The number of carbonyl (C=O) groups is 1. The number of piperidine rings is 1. The normalized spacial score (nSPS) is 18.6. The van der Waals surface area contributed by atoms with Gasteiger partial charge in [-0.15, -0.1) is 0 Å². The topological polar surface area (TPSA) is 122 Å². The molecule has 216 valence electrons. The summed E-state index contributed by atoms with van der Waals surface area (Å²) in [6, 6.07) is 10.5. The quantitative estimate of drug-likeness (QED) is 0.303. The molecule has 9 nitrogen and oxygen atoms in total. The van der Waals surface area contributed by atoms with E-state index in [0.717, 1.165) is 18.4 Å². The van der Waals surface area contributed by atoms with Gasteiger partial charge in [0.2, 0.25) is 5.82 Å². The van der Waals surface area contributed by atoms with Crippen molar-refractivity contribution in [1.82, 2.24) is 19.3 Å². The lowest BCUT2D eigenvalue weighted by Crippen LogP contribution is -2.40. The number of hydrogen-bond donors (Lipinski definition) is 2. The number of rotatable bonds is 8. The van der Waals surface area contributed by atoms with Crippen LogP contribution in [0.1, 0.15) is 35.2 Å². The fourth-order valence-corrected chi connectivity index (χ4v) is 5.49. The van der Waals surface area contributed by atoms with Crippen LogP contribution in [-0.4, -0.2) is 51.4 Å². The number of carbonyl (C=O) groups excluding carboxylic acids is 1. The van der Waals surface area contributed by atoms with Crippen LogP contribution < -0.4 is 15.8 Å². The number of aryl methyl sites for hydroxylation is 1. The largest absolute Gasteiger partial charge is 0.490 e. The molecule has 1 amide bonds. The summed E-state index contributed by atoms with van der Waals surface area (Å²) in [5.74, 6) is -1.44. The van der Waals surface area contributed by atoms with Gasteiger partial charge in [0.1, 0.15) is 0 Å². The Labute approximate surface area is 241 Å². The van der Waals surface area contributed by atoms with Crippen LogP contribution in [0.4, 0.5) is 20.3 Å². The third-order valence-electron chi connectivity index (χ3n) is 8.25. The summed E-state index contributed by atoms with van der Waals surface area (Å²) in [5.41, 5.74) is 8.77. The molecule has 0 bridgehead atoms. The second kappa shape index (κ2) is 11.4. The van der Waals surface area contributed by atoms with E-state index in [1.165, 1.54) is 18.3 Å². The number of likely N-dealkylation sites (tertiary alicyclic amines) is 1. The highest BCUT2D eigenvalue weighted by atomic mass is 19.2. The number of ether oxygens (including phenoxy) is 1. The number of imidazole rings is 1. The van der Waals surface area contributed by atoms with Crippen molar-refractivity contribution in [2.75, 3.05) is 31.6 Å². The number of nitriles is 1. The summed E-state index contributed by atoms with van der Waals surface area (Å²) < 4.78 is 37.2. The highest BCUT2D eigenvalue weighted by molar-refractivity contribution is 5.96. The van der Waals surface area contributed by atoms with Crippen LogP contribution in [0.3, 0.4) is 0 Å². The summed E-state index contributed by atoms with van der Waals surface area (Å²) in [5, 5.41) is 12.2. The van der Waals surface area contributed by atoms with E-state index >= 15 is 4.39 Å². The molecule has 42 heavy (non-hydrogen) atoms. The average Bonchev–Trinajstić information content (AvgIpc) is 3.64. The highest BCUT2D eigenvalue weighted by Crippen LogP contribution is 2.39. The van der Waals surface area contributed by atoms with Gasteiger partial charge in [0.05, 0.1) is 30.5 Å². The molecule has 1 saturated heterocycles. The molecular formula is C31H31F2N7O2. The molecule has 3 N–H and O–H groups in total. The van der Waals surface area contributed by atoms with Gasteiger partial charge in [-0.3, -0.25) is 9.20 Å². The molecule has 2 aromatic carbocycles. The molecule has 6 rings (SSSR count). The van der Waals surface area contributed by atoms with Crippen LogP contribution in [0.5, 0.6) is 5.75 Å². The van der Waals surface area contributed by atoms with E-state index in [-0.39, 0.29) is 35.7 Å². The van der Waals surface area contributed by atoms with Crippen molar-refractivity contribution in [1.29, 1.82) is 5.26 Å². The molecule has 1 aliphatic carbocycles. The van der Waals surface area contributed by atoms with Crippen LogP contribution in [0.2, 0.25) is 0 Å². The zero-order chi connectivity index (χ0) is 29.4. The van der Waals surface area contributed by atoms with E-state index < -0.39 is 11.6 Å². The highest BCUT2D eigenvalue weighted by Gasteiger charge is 2.38. The van der Waals surface area contributed by atoms with E-state index in [1.807, 2.05) is 24.0 Å². The van der Waals surface area contributed by atoms with E-state index in [0.29, 0.717) is 60.4 Å². The van der Waals surface area contributed by atoms with Gasteiger partial charge in [0.25, 0.3) is 5.91 Å². The van der Waals surface area contributed by atoms with Crippen LogP contribution in [0.25, 0.3) is 16.9 Å². The lowest BCUT2D eigenvalue weighted by Gasteiger charge is -2.31. The summed E-state index contributed by atoms with van der Waals surface area (Å²) in [7, 11) is 0. The van der Waals surface area contributed by atoms with Crippen molar-refractivity contribution in [3.63, 3.8) is 0 Å². The van der Waals surface area contributed by atoms with Crippen molar-refractivity contribution < 1.29 is 18.3 Å². The number of amides is 1. The van der Waals surface area contributed by atoms with Gasteiger partial charge in [-0.25, -0.2) is 14.4 Å². The molecule has 2 aliphatic rings. The van der Waals surface area contributed by atoms with Gasteiger partial charge >= 0.3 is 0 Å². The maximum atomic E-state index is 15.2. The van der Waals surface area contributed by atoms with E-state index in [2.05, 4.69) is 21.4 Å². The monoisotopic (exact) mass is 571 g/mol. The zero-order valence-electron chi connectivity index (χ0n) is 23.2. The molecule has 3 heterocycles. The number of anilines is 2. The Morgan fingerprint density at radius 1 is 1.19 bits per heavy atom. The molecule has 11 heteroatoms. The second-order valence-corrected chi connectivity index (χ2v) is 11.0. The van der Waals surface area contributed by atoms with Crippen molar-refractivity contribution in [2.24, 2.45) is 23.5 Å². The van der Waals surface area contributed by atoms with Crippen LogP contribution in [0.15, 0.2) is 48.9 Å². The van der Waals surface area contributed by atoms with Crippen LogP contribution in [0, 0.1) is 47.6 Å². The molecule has 1 aliphatic heterocycles. The number of benzene rings is 2. The molecule has 2 aromatic heterocycles. The molecule has 2 atom stereocenters. The first-order valence-corrected chi connectivity index (χ1v) is 14.1. The Kier molecular flexibility index (Phi) is 7.47. The molecule has 2 fully saturated rings. The van der Waals surface area contributed by atoms with Gasteiger partial charge in [0, 0.05) is 48.2 Å². The Morgan fingerprint density at radius 2 is 2.00 bits per heavy atom.